The van der Waals surface area contributed by atoms with Crippen molar-refractivity contribution in [1.82, 2.24) is 5.32 Å². The summed E-state index contributed by atoms with van der Waals surface area (Å²) in [5, 5.41) is 4.70. The maximum atomic E-state index is 6.11. The van der Waals surface area contributed by atoms with Crippen LogP contribution in [-0.4, -0.2) is 6.54 Å². The van der Waals surface area contributed by atoms with Gasteiger partial charge in [-0.15, -0.1) is 0 Å². The van der Waals surface area contributed by atoms with Gasteiger partial charge < -0.3 is 5.32 Å². The van der Waals surface area contributed by atoms with Gasteiger partial charge >= 0.3 is 0 Å². The van der Waals surface area contributed by atoms with Gasteiger partial charge in [-0.05, 0) is 54.4 Å². The van der Waals surface area contributed by atoms with Crippen molar-refractivity contribution in [2.45, 2.75) is 19.4 Å². The summed E-state index contributed by atoms with van der Waals surface area (Å²) in [6.07, 6.45) is 0.847. The summed E-state index contributed by atoms with van der Waals surface area (Å²) in [5.74, 6) is 0. The molecule has 0 heterocycles. The molecule has 0 aliphatic carbocycles. The van der Waals surface area contributed by atoms with Crippen LogP contribution >= 0.6 is 55.1 Å². The van der Waals surface area contributed by atoms with Crippen molar-refractivity contribution in [3.63, 3.8) is 0 Å². The van der Waals surface area contributed by atoms with E-state index >= 15 is 0 Å². The lowest BCUT2D eigenvalue weighted by Crippen LogP contribution is -2.23. The van der Waals surface area contributed by atoms with Gasteiger partial charge in [0.15, 0.2) is 0 Å². The number of hydrogen-bond acceptors (Lipinski definition) is 1. The first-order valence-corrected chi connectivity index (χ1v) is 8.97. The quantitative estimate of drug-likeness (QED) is 0.553. The fourth-order valence-electron chi connectivity index (χ4n) is 2.22. The fraction of sp³-hybridized carbons (Fsp3) is 0.250. The summed E-state index contributed by atoms with van der Waals surface area (Å²) < 4.78 is 2.16. The van der Waals surface area contributed by atoms with Gasteiger partial charge in [0.1, 0.15) is 0 Å². The SMILES string of the molecule is CCNC(Cc1ccc(Cl)c(Cl)c1)c1cc(Br)ccc1Br. The van der Waals surface area contributed by atoms with Crippen LogP contribution in [0.15, 0.2) is 45.3 Å². The first kappa shape index (κ1) is 17.3. The van der Waals surface area contributed by atoms with Gasteiger partial charge in [-0.1, -0.05) is 68.1 Å². The Morgan fingerprint density at radius 3 is 2.48 bits per heavy atom. The molecule has 112 valence electrons. The van der Waals surface area contributed by atoms with Crippen molar-refractivity contribution in [2.24, 2.45) is 0 Å². The molecule has 0 aliphatic heterocycles. The Morgan fingerprint density at radius 1 is 1.05 bits per heavy atom. The molecule has 1 atom stereocenters. The predicted octanol–water partition coefficient (Wildman–Crippen LogP) is 6.41. The average Bonchev–Trinajstić information content (AvgIpc) is 2.45. The summed E-state index contributed by atoms with van der Waals surface area (Å²) in [6, 6.07) is 12.2. The highest BCUT2D eigenvalue weighted by Crippen LogP contribution is 2.30. The maximum Gasteiger partial charge on any atom is 0.0595 e. The molecule has 0 fully saturated rings. The number of rotatable bonds is 5. The van der Waals surface area contributed by atoms with E-state index < -0.39 is 0 Å². The van der Waals surface area contributed by atoms with E-state index in [1.165, 1.54) is 5.56 Å². The lowest BCUT2D eigenvalue weighted by molar-refractivity contribution is 0.548. The second-order valence-corrected chi connectivity index (χ2v) is 7.31. The molecule has 0 amide bonds. The Kier molecular flexibility index (Phi) is 6.57. The van der Waals surface area contributed by atoms with Crippen LogP contribution in [0.3, 0.4) is 0 Å². The number of halogens is 4. The van der Waals surface area contributed by atoms with E-state index in [2.05, 4.69) is 56.2 Å². The topological polar surface area (TPSA) is 12.0 Å². The Labute approximate surface area is 152 Å². The molecule has 21 heavy (non-hydrogen) atoms. The van der Waals surface area contributed by atoms with Gasteiger partial charge in [-0.2, -0.15) is 0 Å². The number of nitrogens with one attached hydrogen (secondary N) is 1. The van der Waals surface area contributed by atoms with Crippen molar-refractivity contribution in [3.8, 4) is 0 Å². The first-order valence-electron chi connectivity index (χ1n) is 6.63. The Morgan fingerprint density at radius 2 is 1.81 bits per heavy atom. The summed E-state index contributed by atoms with van der Waals surface area (Å²) in [7, 11) is 0. The lowest BCUT2D eigenvalue weighted by atomic mass is 9.99. The van der Waals surface area contributed by atoms with E-state index in [4.69, 9.17) is 23.2 Å². The molecule has 0 radical (unpaired) electrons. The van der Waals surface area contributed by atoms with Gasteiger partial charge in [-0.3, -0.25) is 0 Å². The van der Waals surface area contributed by atoms with E-state index in [-0.39, 0.29) is 6.04 Å². The molecule has 0 spiro atoms. The summed E-state index contributed by atoms with van der Waals surface area (Å²) in [6.45, 7) is 3.00. The molecule has 2 aromatic carbocycles. The largest absolute Gasteiger partial charge is 0.310 e. The maximum absolute atomic E-state index is 6.11. The second kappa shape index (κ2) is 7.98. The zero-order valence-electron chi connectivity index (χ0n) is 11.5. The van der Waals surface area contributed by atoms with E-state index in [1.807, 2.05) is 24.3 Å². The van der Waals surface area contributed by atoms with Crippen LogP contribution < -0.4 is 5.32 Å². The predicted molar refractivity (Wildman–Crippen MR) is 98.4 cm³/mol. The van der Waals surface area contributed by atoms with Crippen LogP contribution in [0.2, 0.25) is 10.0 Å². The van der Waals surface area contributed by atoms with Crippen molar-refractivity contribution < 1.29 is 0 Å². The molecule has 1 unspecified atom stereocenters. The van der Waals surface area contributed by atoms with Crippen LogP contribution in [0.1, 0.15) is 24.1 Å². The highest BCUT2D eigenvalue weighted by molar-refractivity contribution is 9.11. The van der Waals surface area contributed by atoms with Gasteiger partial charge in [-0.25, -0.2) is 0 Å². The second-order valence-electron chi connectivity index (χ2n) is 4.73. The highest BCUT2D eigenvalue weighted by atomic mass is 79.9. The van der Waals surface area contributed by atoms with Crippen LogP contribution in [-0.2, 0) is 6.42 Å². The van der Waals surface area contributed by atoms with Crippen LogP contribution in [0.5, 0.6) is 0 Å². The fourth-order valence-corrected chi connectivity index (χ4v) is 3.44. The Hall–Kier alpha value is -0.0600. The van der Waals surface area contributed by atoms with Gasteiger partial charge in [0.05, 0.1) is 10.0 Å². The molecule has 2 aromatic rings. The first-order chi connectivity index (χ1) is 10.0. The average molecular weight is 452 g/mol. The van der Waals surface area contributed by atoms with E-state index in [9.17, 15) is 0 Å². The monoisotopic (exact) mass is 449 g/mol. The summed E-state index contributed by atoms with van der Waals surface area (Å²) >= 11 is 19.3. The molecule has 0 saturated heterocycles. The zero-order chi connectivity index (χ0) is 15.4. The van der Waals surface area contributed by atoms with Crippen LogP contribution in [0, 0.1) is 0 Å². The van der Waals surface area contributed by atoms with Gasteiger partial charge in [0, 0.05) is 15.0 Å². The third-order valence-electron chi connectivity index (χ3n) is 3.21. The van der Waals surface area contributed by atoms with E-state index in [0.29, 0.717) is 10.0 Å². The molecular weight excluding hydrogens is 437 g/mol. The zero-order valence-corrected chi connectivity index (χ0v) is 16.2. The molecule has 0 saturated carbocycles. The number of hydrogen-bond donors (Lipinski definition) is 1. The minimum atomic E-state index is 0.208. The standard InChI is InChI=1S/C16H15Br2Cl2N/c1-2-21-16(12-9-11(17)4-5-13(12)18)8-10-3-6-14(19)15(20)7-10/h3-7,9,16,21H,2,8H2,1H3. The molecule has 2 rings (SSSR count). The highest BCUT2D eigenvalue weighted by Gasteiger charge is 2.15. The smallest absolute Gasteiger partial charge is 0.0595 e. The third kappa shape index (κ3) is 4.70. The number of likely N-dealkylation sites (N-methyl/N-ethyl adjacent to an activating group) is 1. The molecule has 0 aliphatic rings. The number of benzene rings is 2. The van der Waals surface area contributed by atoms with Crippen LogP contribution in [0.25, 0.3) is 0 Å². The summed E-state index contributed by atoms with van der Waals surface area (Å²) in [4.78, 5) is 0. The minimum Gasteiger partial charge on any atom is -0.310 e. The normalized spacial score (nSPS) is 12.4. The Balaban J connectivity index is 2.30. The van der Waals surface area contributed by atoms with Gasteiger partial charge in [0.25, 0.3) is 0 Å². The Bertz CT molecular complexity index is 632. The molecule has 5 heteroatoms. The molecule has 0 aromatic heterocycles. The van der Waals surface area contributed by atoms with E-state index in [0.717, 1.165) is 27.5 Å². The van der Waals surface area contributed by atoms with Crippen molar-refractivity contribution in [2.75, 3.05) is 6.54 Å². The third-order valence-corrected chi connectivity index (χ3v) is 5.16. The summed E-state index contributed by atoms with van der Waals surface area (Å²) in [5.41, 5.74) is 2.37. The van der Waals surface area contributed by atoms with Gasteiger partial charge in [0.2, 0.25) is 0 Å². The van der Waals surface area contributed by atoms with Crippen molar-refractivity contribution >= 4 is 55.1 Å². The van der Waals surface area contributed by atoms with Crippen molar-refractivity contribution in [3.05, 3.63) is 66.5 Å². The molecule has 0 bridgehead atoms. The van der Waals surface area contributed by atoms with E-state index in [1.54, 1.807) is 0 Å². The van der Waals surface area contributed by atoms with Crippen LogP contribution in [0.4, 0.5) is 0 Å². The lowest BCUT2D eigenvalue weighted by Gasteiger charge is -2.20. The molecule has 1 nitrogen and oxygen atoms in total. The van der Waals surface area contributed by atoms with Crippen molar-refractivity contribution in [1.29, 1.82) is 0 Å². The molecular formula is C16H15Br2Cl2N. The molecule has 1 N–H and O–H groups in total. The minimum absolute atomic E-state index is 0.208.